The van der Waals surface area contributed by atoms with E-state index >= 15 is 0 Å². The molecule has 1 saturated heterocycles. The highest BCUT2D eigenvalue weighted by atomic mass is 16.8. The second kappa shape index (κ2) is 4.42. The summed E-state index contributed by atoms with van der Waals surface area (Å²) in [5.74, 6) is -0.494. The minimum atomic E-state index is -0.514. The zero-order valence-corrected chi connectivity index (χ0v) is 10.9. The summed E-state index contributed by atoms with van der Waals surface area (Å²) >= 11 is 0. The van der Waals surface area contributed by atoms with Crippen LogP contribution < -0.4 is 0 Å². The summed E-state index contributed by atoms with van der Waals surface area (Å²) in [7, 11) is 1.42. The first-order chi connectivity index (χ1) is 7.96. The maximum Gasteiger partial charge on any atom is 0.306 e. The molecule has 0 unspecified atom stereocenters. The molecule has 2 aliphatic rings. The van der Waals surface area contributed by atoms with Crippen molar-refractivity contribution in [2.75, 3.05) is 7.11 Å². The molecule has 17 heavy (non-hydrogen) atoms. The molecule has 0 radical (unpaired) electrons. The molecule has 1 aliphatic carbocycles. The van der Waals surface area contributed by atoms with Gasteiger partial charge >= 0.3 is 5.97 Å². The minimum Gasteiger partial charge on any atom is -0.469 e. The van der Waals surface area contributed by atoms with Crippen LogP contribution in [0.25, 0.3) is 0 Å². The van der Waals surface area contributed by atoms with Gasteiger partial charge in [0.15, 0.2) is 5.79 Å². The predicted molar refractivity (Wildman–Crippen MR) is 62.3 cm³/mol. The molecule has 2 rings (SSSR count). The number of fused-ring (bicyclic) bond motifs is 1. The molecule has 4 nitrogen and oxygen atoms in total. The van der Waals surface area contributed by atoms with Crippen molar-refractivity contribution < 1.29 is 19.0 Å². The number of hydrogen-bond donors (Lipinski definition) is 0. The van der Waals surface area contributed by atoms with Crippen LogP contribution in [0.3, 0.4) is 0 Å². The number of esters is 1. The second-order valence-corrected chi connectivity index (χ2v) is 5.10. The Kier molecular flexibility index (Phi) is 3.27. The van der Waals surface area contributed by atoms with Crippen LogP contribution >= 0.6 is 0 Å². The molecular formula is C13H20O4. The lowest BCUT2D eigenvalue weighted by molar-refractivity contribution is -0.150. The van der Waals surface area contributed by atoms with Crippen molar-refractivity contribution in [1.29, 1.82) is 0 Å². The van der Waals surface area contributed by atoms with Crippen LogP contribution in [0.4, 0.5) is 0 Å². The fourth-order valence-electron chi connectivity index (χ4n) is 2.82. The maximum atomic E-state index is 11.3. The largest absolute Gasteiger partial charge is 0.469 e. The molecule has 2 fully saturated rings. The standard InChI is InChI=1S/C13H20O4/c1-5-9-8(7-11(14)15-4)6-10-12(9)17-13(2,3)16-10/h5,8,10,12H,6-7H2,1-4H3/t8-,10+,12-/m0/s1. The van der Waals surface area contributed by atoms with E-state index in [4.69, 9.17) is 14.2 Å². The smallest absolute Gasteiger partial charge is 0.306 e. The third kappa shape index (κ3) is 2.38. The molecule has 1 heterocycles. The Labute approximate surface area is 102 Å². The summed E-state index contributed by atoms with van der Waals surface area (Å²) in [6.45, 7) is 5.83. The number of rotatable bonds is 2. The zero-order valence-electron chi connectivity index (χ0n) is 10.9. The fourth-order valence-corrected chi connectivity index (χ4v) is 2.82. The van der Waals surface area contributed by atoms with E-state index in [0.29, 0.717) is 6.42 Å². The summed E-state index contributed by atoms with van der Waals surface area (Å²) < 4.78 is 16.4. The van der Waals surface area contributed by atoms with Gasteiger partial charge in [-0.1, -0.05) is 6.08 Å². The summed E-state index contributed by atoms with van der Waals surface area (Å²) in [6.07, 6.45) is 3.37. The molecule has 0 N–H and O–H groups in total. The highest BCUT2D eigenvalue weighted by Gasteiger charge is 2.50. The van der Waals surface area contributed by atoms with Crippen LogP contribution in [0.15, 0.2) is 11.6 Å². The Morgan fingerprint density at radius 3 is 2.82 bits per heavy atom. The van der Waals surface area contributed by atoms with Crippen LogP contribution in [0, 0.1) is 5.92 Å². The van der Waals surface area contributed by atoms with Crippen molar-refractivity contribution >= 4 is 5.97 Å². The van der Waals surface area contributed by atoms with Crippen molar-refractivity contribution in [3.8, 4) is 0 Å². The van der Waals surface area contributed by atoms with Crippen molar-refractivity contribution in [3.63, 3.8) is 0 Å². The number of ether oxygens (including phenoxy) is 3. The van der Waals surface area contributed by atoms with Gasteiger partial charge in [-0.2, -0.15) is 0 Å². The van der Waals surface area contributed by atoms with Gasteiger partial charge in [-0.05, 0) is 38.7 Å². The number of carbonyl (C=O) groups excluding carboxylic acids is 1. The first kappa shape index (κ1) is 12.6. The van der Waals surface area contributed by atoms with Crippen molar-refractivity contribution in [3.05, 3.63) is 11.6 Å². The lowest BCUT2D eigenvalue weighted by Gasteiger charge is -2.21. The van der Waals surface area contributed by atoms with E-state index in [0.717, 1.165) is 6.42 Å². The average molecular weight is 240 g/mol. The SMILES string of the molecule is CC=C1[C@H](CC(=O)OC)C[C@H]2OC(C)(C)O[C@@H]12. The minimum absolute atomic E-state index is 0.00431. The molecule has 0 spiro atoms. The molecule has 1 aliphatic heterocycles. The first-order valence-electron chi connectivity index (χ1n) is 6.05. The highest BCUT2D eigenvalue weighted by Crippen LogP contribution is 2.45. The van der Waals surface area contributed by atoms with E-state index < -0.39 is 5.79 Å². The van der Waals surface area contributed by atoms with Crippen LogP contribution in [-0.2, 0) is 19.0 Å². The van der Waals surface area contributed by atoms with Gasteiger partial charge in [-0.3, -0.25) is 4.79 Å². The lowest BCUT2D eigenvalue weighted by Crippen LogP contribution is -2.24. The average Bonchev–Trinajstić information content (AvgIpc) is 2.68. The molecular weight excluding hydrogens is 220 g/mol. The molecule has 0 aromatic rings. The van der Waals surface area contributed by atoms with Crippen LogP contribution in [-0.4, -0.2) is 31.1 Å². The summed E-state index contributed by atoms with van der Waals surface area (Å²) in [5.41, 5.74) is 1.17. The van der Waals surface area contributed by atoms with Crippen molar-refractivity contribution in [2.24, 2.45) is 5.92 Å². The number of carbonyl (C=O) groups is 1. The monoisotopic (exact) mass is 240 g/mol. The molecule has 3 atom stereocenters. The Hall–Kier alpha value is -0.870. The normalized spacial score (nSPS) is 37.2. The Morgan fingerprint density at radius 2 is 2.24 bits per heavy atom. The second-order valence-electron chi connectivity index (χ2n) is 5.10. The number of allylic oxidation sites excluding steroid dienone is 1. The third-order valence-corrected chi connectivity index (χ3v) is 3.47. The van der Waals surface area contributed by atoms with Gasteiger partial charge in [-0.25, -0.2) is 0 Å². The lowest BCUT2D eigenvalue weighted by atomic mass is 9.98. The van der Waals surface area contributed by atoms with Crippen molar-refractivity contribution in [2.45, 2.75) is 51.6 Å². The van der Waals surface area contributed by atoms with E-state index in [1.54, 1.807) is 0 Å². The Bertz CT molecular complexity index is 345. The van der Waals surface area contributed by atoms with Gasteiger partial charge in [0.2, 0.25) is 0 Å². The summed E-state index contributed by atoms with van der Waals surface area (Å²) in [5, 5.41) is 0. The zero-order chi connectivity index (χ0) is 12.6. The molecule has 96 valence electrons. The molecule has 0 bridgehead atoms. The first-order valence-corrected chi connectivity index (χ1v) is 6.05. The van der Waals surface area contributed by atoms with Gasteiger partial charge in [0.05, 0.1) is 19.6 Å². The molecule has 1 saturated carbocycles. The maximum absolute atomic E-state index is 11.3. The highest BCUT2D eigenvalue weighted by molar-refractivity contribution is 5.70. The number of methoxy groups -OCH3 is 1. The molecule has 4 heteroatoms. The fraction of sp³-hybridized carbons (Fsp3) is 0.769. The predicted octanol–water partition coefficient (Wildman–Crippen LogP) is 2.04. The van der Waals surface area contributed by atoms with Gasteiger partial charge in [0.25, 0.3) is 0 Å². The number of hydrogen-bond acceptors (Lipinski definition) is 4. The molecule has 0 aromatic heterocycles. The van der Waals surface area contributed by atoms with Crippen molar-refractivity contribution in [1.82, 2.24) is 0 Å². The van der Waals surface area contributed by atoms with Gasteiger partial charge in [-0.15, -0.1) is 0 Å². The molecule has 0 amide bonds. The van der Waals surface area contributed by atoms with Gasteiger partial charge in [0, 0.05) is 0 Å². The third-order valence-electron chi connectivity index (χ3n) is 3.47. The van der Waals surface area contributed by atoms with Gasteiger partial charge in [0.1, 0.15) is 6.10 Å². The van der Waals surface area contributed by atoms with Crippen LogP contribution in [0.1, 0.15) is 33.6 Å². The Morgan fingerprint density at radius 1 is 1.53 bits per heavy atom. The summed E-state index contributed by atoms with van der Waals surface area (Å²) in [6, 6.07) is 0. The summed E-state index contributed by atoms with van der Waals surface area (Å²) in [4.78, 5) is 11.3. The van der Waals surface area contributed by atoms with Crippen LogP contribution in [0.2, 0.25) is 0 Å². The van der Waals surface area contributed by atoms with E-state index in [9.17, 15) is 4.79 Å². The van der Waals surface area contributed by atoms with E-state index in [2.05, 4.69) is 0 Å². The van der Waals surface area contributed by atoms with Crippen LogP contribution in [0.5, 0.6) is 0 Å². The van der Waals surface area contributed by atoms with Gasteiger partial charge < -0.3 is 14.2 Å². The van der Waals surface area contributed by atoms with E-state index in [1.807, 2.05) is 26.8 Å². The molecule has 0 aromatic carbocycles. The van der Waals surface area contributed by atoms with E-state index in [-0.39, 0.29) is 24.1 Å². The topological polar surface area (TPSA) is 44.8 Å². The van der Waals surface area contributed by atoms with E-state index in [1.165, 1.54) is 12.7 Å². The quantitative estimate of drug-likeness (QED) is 0.547. The Balaban J connectivity index is 2.09.